The smallest absolute Gasteiger partial charge is 0.301 e. The first-order valence-electron chi connectivity index (χ1n) is 10.1. The molecular formula is C24H21FN2O5. The van der Waals surface area contributed by atoms with Gasteiger partial charge in [0.15, 0.2) is 5.82 Å². The summed E-state index contributed by atoms with van der Waals surface area (Å²) in [5.41, 5.74) is 0.626. The molecule has 7 nitrogen and oxygen atoms in total. The fraction of sp³-hybridized carbons (Fsp3) is 0.208. The number of aryl methyl sites for hydroxylation is 1. The number of halogens is 1. The third-order valence-electron chi connectivity index (χ3n) is 5.07. The second-order valence-electron chi connectivity index (χ2n) is 7.39. The summed E-state index contributed by atoms with van der Waals surface area (Å²) in [6.07, 6.45) is 0.811. The molecule has 1 amide bonds. The highest BCUT2D eigenvalue weighted by Gasteiger charge is 2.48. The summed E-state index contributed by atoms with van der Waals surface area (Å²) in [7, 11) is 0. The molecule has 1 fully saturated rings. The molecule has 4 rings (SSSR count). The number of amides is 1. The average Bonchev–Trinajstić information content (AvgIpc) is 3.33. The minimum absolute atomic E-state index is 0.130. The van der Waals surface area contributed by atoms with E-state index < -0.39 is 29.3 Å². The van der Waals surface area contributed by atoms with Crippen LogP contribution in [0.25, 0.3) is 5.76 Å². The predicted octanol–water partition coefficient (Wildman–Crippen LogP) is 4.54. The second kappa shape index (κ2) is 8.66. The number of carbonyl (C=O) groups excluding carboxylic acids is 2. The molecule has 0 aliphatic carbocycles. The van der Waals surface area contributed by atoms with Crippen molar-refractivity contribution < 1.29 is 28.3 Å². The molecule has 8 heteroatoms. The molecule has 1 atom stereocenters. The van der Waals surface area contributed by atoms with Gasteiger partial charge in [0.1, 0.15) is 23.1 Å². The highest BCUT2D eigenvalue weighted by molar-refractivity contribution is 6.51. The highest BCUT2D eigenvalue weighted by Crippen LogP contribution is 2.42. The molecule has 1 saturated heterocycles. The quantitative estimate of drug-likeness (QED) is 0.347. The Balaban J connectivity index is 1.90. The number of hydrogen-bond donors (Lipinski definition) is 1. The van der Waals surface area contributed by atoms with Gasteiger partial charge in [0.05, 0.1) is 18.2 Å². The first kappa shape index (κ1) is 21.3. The Hall–Kier alpha value is -3.94. The van der Waals surface area contributed by atoms with E-state index in [1.54, 1.807) is 31.2 Å². The van der Waals surface area contributed by atoms with Crippen molar-refractivity contribution in [3.8, 4) is 5.75 Å². The van der Waals surface area contributed by atoms with E-state index in [0.29, 0.717) is 23.7 Å². The molecule has 0 spiro atoms. The fourth-order valence-corrected chi connectivity index (χ4v) is 3.61. The van der Waals surface area contributed by atoms with Crippen LogP contribution in [0.1, 0.15) is 36.3 Å². The number of ketones is 1. The number of nitrogens with zero attached hydrogens (tertiary/aromatic N) is 2. The van der Waals surface area contributed by atoms with Crippen LogP contribution in [0.3, 0.4) is 0 Å². The maximum Gasteiger partial charge on any atom is 0.301 e. The molecule has 0 unspecified atom stereocenters. The number of aliphatic hydroxyl groups excluding tert-OH is 1. The van der Waals surface area contributed by atoms with E-state index in [4.69, 9.17) is 9.26 Å². The Labute approximate surface area is 183 Å². The average molecular weight is 436 g/mol. The van der Waals surface area contributed by atoms with Crippen molar-refractivity contribution >= 4 is 23.3 Å². The van der Waals surface area contributed by atoms with Crippen molar-refractivity contribution in [1.82, 2.24) is 5.16 Å². The predicted molar refractivity (Wildman–Crippen MR) is 115 cm³/mol. The standard InChI is InChI=1S/C24H21FN2O5/c1-3-11-31-18-6-4-5-16(13-18)21-20(22(28)15-7-9-17(25)10-8-15)23(29)24(30)27(21)19-12-14(2)32-26-19/h4-10,12-13,21,28H,3,11H2,1-2H3/b22-20+/t21-/m0/s1. The van der Waals surface area contributed by atoms with E-state index in [2.05, 4.69) is 5.16 Å². The number of Topliss-reactive ketones (excluding diaryl/α,β-unsaturated/α-hetero) is 1. The van der Waals surface area contributed by atoms with E-state index in [1.165, 1.54) is 35.2 Å². The van der Waals surface area contributed by atoms with Gasteiger partial charge in [0, 0.05) is 11.6 Å². The van der Waals surface area contributed by atoms with Gasteiger partial charge in [0.25, 0.3) is 5.78 Å². The SMILES string of the molecule is CCCOc1cccc([C@H]2/C(=C(\O)c3ccc(F)cc3)C(=O)C(=O)N2c2cc(C)on2)c1. The Kier molecular flexibility index (Phi) is 5.77. The molecule has 2 heterocycles. The van der Waals surface area contributed by atoms with Gasteiger partial charge in [-0.3, -0.25) is 14.5 Å². The Morgan fingerprint density at radius 2 is 1.94 bits per heavy atom. The van der Waals surface area contributed by atoms with Crippen molar-refractivity contribution in [2.45, 2.75) is 26.3 Å². The lowest BCUT2D eigenvalue weighted by atomic mass is 9.95. The van der Waals surface area contributed by atoms with Gasteiger partial charge in [-0.05, 0) is 55.3 Å². The first-order valence-corrected chi connectivity index (χ1v) is 10.1. The zero-order valence-corrected chi connectivity index (χ0v) is 17.5. The zero-order chi connectivity index (χ0) is 22.8. The molecule has 1 N–H and O–H groups in total. The number of ether oxygens (including phenoxy) is 1. The minimum atomic E-state index is -0.977. The molecule has 0 radical (unpaired) electrons. The van der Waals surface area contributed by atoms with Crippen LogP contribution < -0.4 is 9.64 Å². The lowest BCUT2D eigenvalue weighted by molar-refractivity contribution is -0.132. The summed E-state index contributed by atoms with van der Waals surface area (Å²) in [6.45, 7) is 4.15. The summed E-state index contributed by atoms with van der Waals surface area (Å²) in [5.74, 6) is -1.46. The Morgan fingerprint density at radius 3 is 2.59 bits per heavy atom. The van der Waals surface area contributed by atoms with E-state index >= 15 is 0 Å². The summed E-state index contributed by atoms with van der Waals surface area (Å²) in [6, 6.07) is 12.5. The molecule has 0 bridgehead atoms. The second-order valence-corrected chi connectivity index (χ2v) is 7.39. The van der Waals surface area contributed by atoms with Crippen molar-refractivity contribution in [2.75, 3.05) is 11.5 Å². The van der Waals surface area contributed by atoms with Crippen LogP contribution in [0.15, 0.2) is 64.7 Å². The van der Waals surface area contributed by atoms with Crippen molar-refractivity contribution in [3.05, 3.63) is 82.9 Å². The van der Waals surface area contributed by atoms with Crippen LogP contribution in [0, 0.1) is 12.7 Å². The van der Waals surface area contributed by atoms with Crippen LogP contribution in [0.2, 0.25) is 0 Å². The molecular weight excluding hydrogens is 415 g/mol. The lowest BCUT2D eigenvalue weighted by Gasteiger charge is -2.23. The van der Waals surface area contributed by atoms with Crippen molar-refractivity contribution in [2.24, 2.45) is 0 Å². The molecule has 164 valence electrons. The molecule has 1 aliphatic heterocycles. The molecule has 3 aromatic rings. The van der Waals surface area contributed by atoms with E-state index in [1.807, 2.05) is 6.92 Å². The number of carbonyl (C=O) groups is 2. The monoisotopic (exact) mass is 436 g/mol. The lowest BCUT2D eigenvalue weighted by Crippen LogP contribution is -2.29. The molecule has 32 heavy (non-hydrogen) atoms. The van der Waals surface area contributed by atoms with E-state index in [-0.39, 0.29) is 17.0 Å². The van der Waals surface area contributed by atoms with Crippen LogP contribution in [-0.4, -0.2) is 28.6 Å². The van der Waals surface area contributed by atoms with Gasteiger partial charge in [-0.15, -0.1) is 0 Å². The fourth-order valence-electron chi connectivity index (χ4n) is 3.61. The van der Waals surface area contributed by atoms with Gasteiger partial charge < -0.3 is 14.4 Å². The summed E-state index contributed by atoms with van der Waals surface area (Å²) in [5, 5.41) is 14.9. The number of anilines is 1. The molecule has 0 saturated carbocycles. The number of benzene rings is 2. The summed E-state index contributed by atoms with van der Waals surface area (Å²) >= 11 is 0. The van der Waals surface area contributed by atoms with Crippen LogP contribution in [-0.2, 0) is 9.59 Å². The van der Waals surface area contributed by atoms with Gasteiger partial charge in [-0.2, -0.15) is 0 Å². The number of hydrogen-bond acceptors (Lipinski definition) is 6. The van der Waals surface area contributed by atoms with Crippen molar-refractivity contribution in [3.63, 3.8) is 0 Å². The maximum absolute atomic E-state index is 13.4. The van der Waals surface area contributed by atoms with Gasteiger partial charge in [-0.25, -0.2) is 4.39 Å². The Morgan fingerprint density at radius 1 is 1.19 bits per heavy atom. The number of aromatic nitrogens is 1. The highest BCUT2D eigenvalue weighted by atomic mass is 19.1. The van der Waals surface area contributed by atoms with Gasteiger partial charge in [-0.1, -0.05) is 24.2 Å². The summed E-state index contributed by atoms with van der Waals surface area (Å²) in [4.78, 5) is 27.2. The largest absolute Gasteiger partial charge is 0.507 e. The first-order chi connectivity index (χ1) is 15.4. The van der Waals surface area contributed by atoms with Crippen molar-refractivity contribution in [1.29, 1.82) is 0 Å². The van der Waals surface area contributed by atoms with Crippen LogP contribution >= 0.6 is 0 Å². The minimum Gasteiger partial charge on any atom is -0.507 e. The Bertz CT molecular complexity index is 1200. The molecule has 1 aromatic heterocycles. The summed E-state index contributed by atoms with van der Waals surface area (Å²) < 4.78 is 24.2. The van der Waals surface area contributed by atoms with Gasteiger partial charge >= 0.3 is 5.91 Å². The zero-order valence-electron chi connectivity index (χ0n) is 17.5. The third-order valence-corrected chi connectivity index (χ3v) is 5.07. The van der Waals surface area contributed by atoms with Crippen LogP contribution in [0.4, 0.5) is 10.2 Å². The van der Waals surface area contributed by atoms with E-state index in [0.717, 1.165) is 6.42 Å². The normalized spacial score (nSPS) is 17.7. The number of rotatable bonds is 6. The maximum atomic E-state index is 13.4. The third kappa shape index (κ3) is 3.87. The molecule has 1 aliphatic rings. The van der Waals surface area contributed by atoms with Crippen LogP contribution in [0.5, 0.6) is 5.75 Å². The molecule has 2 aromatic carbocycles. The van der Waals surface area contributed by atoms with E-state index in [9.17, 15) is 19.1 Å². The topological polar surface area (TPSA) is 92.9 Å². The van der Waals surface area contributed by atoms with Gasteiger partial charge in [0.2, 0.25) is 0 Å². The number of aliphatic hydroxyl groups is 1.